The van der Waals surface area contributed by atoms with E-state index in [0.29, 0.717) is 12.0 Å². The Morgan fingerprint density at radius 1 is 1.65 bits per heavy atom. The van der Waals surface area contributed by atoms with Crippen LogP contribution < -0.4 is 5.32 Å². The smallest absolute Gasteiger partial charge is 0.0718 e. The van der Waals surface area contributed by atoms with Crippen LogP contribution in [0.3, 0.4) is 0 Å². The van der Waals surface area contributed by atoms with Gasteiger partial charge >= 0.3 is 0 Å². The highest BCUT2D eigenvalue weighted by Crippen LogP contribution is 2.31. The van der Waals surface area contributed by atoms with Crippen molar-refractivity contribution in [2.45, 2.75) is 25.8 Å². The molecule has 0 amide bonds. The summed E-state index contributed by atoms with van der Waals surface area (Å²) in [5, 5.41) is 3.60. The number of rotatable bonds is 5. The summed E-state index contributed by atoms with van der Waals surface area (Å²) in [6, 6.07) is 4.31. The Bertz CT molecular complexity index is 353. The number of halogens is 1. The lowest BCUT2D eigenvalue weighted by molar-refractivity contribution is 0.176. The summed E-state index contributed by atoms with van der Waals surface area (Å²) >= 11 is 3.59. The zero-order valence-electron chi connectivity index (χ0n) is 10.2. The maximum atomic E-state index is 5.50. The second-order valence-corrected chi connectivity index (χ2v) is 5.28. The zero-order valence-corrected chi connectivity index (χ0v) is 11.7. The van der Waals surface area contributed by atoms with Crippen LogP contribution in [0, 0.1) is 5.92 Å². The summed E-state index contributed by atoms with van der Waals surface area (Å²) in [4.78, 5) is 4.51. The van der Waals surface area contributed by atoms with E-state index in [9.17, 15) is 0 Å². The first kappa shape index (κ1) is 13.0. The molecular weight excluding hydrogens is 280 g/mol. The maximum absolute atomic E-state index is 5.50. The van der Waals surface area contributed by atoms with Crippen LogP contribution in [0.25, 0.3) is 0 Å². The van der Waals surface area contributed by atoms with Crippen LogP contribution in [0.2, 0.25) is 0 Å². The first-order valence-corrected chi connectivity index (χ1v) is 7.03. The number of aromatic nitrogens is 1. The van der Waals surface area contributed by atoms with Gasteiger partial charge in [-0.05, 0) is 47.4 Å². The second kappa shape index (κ2) is 6.47. The largest absolute Gasteiger partial charge is 0.381 e. The van der Waals surface area contributed by atoms with Crippen molar-refractivity contribution in [3.05, 3.63) is 28.5 Å². The normalized spacial score (nSPS) is 21.6. The first-order valence-electron chi connectivity index (χ1n) is 6.24. The van der Waals surface area contributed by atoms with Crippen LogP contribution >= 0.6 is 15.9 Å². The molecule has 1 aliphatic rings. The number of pyridine rings is 1. The lowest BCUT2D eigenvalue weighted by Gasteiger charge is -2.24. The molecule has 1 N–H and O–H groups in total. The summed E-state index contributed by atoms with van der Waals surface area (Å²) in [5.41, 5.74) is 1.11. The van der Waals surface area contributed by atoms with E-state index >= 15 is 0 Å². The fourth-order valence-corrected chi connectivity index (χ4v) is 2.73. The SMILES string of the molecule is CCCNC(c1ncccc1Br)C1CCOC1. The van der Waals surface area contributed by atoms with Gasteiger partial charge < -0.3 is 10.1 Å². The van der Waals surface area contributed by atoms with E-state index in [1.807, 2.05) is 12.3 Å². The van der Waals surface area contributed by atoms with Gasteiger partial charge in [0.15, 0.2) is 0 Å². The van der Waals surface area contributed by atoms with Gasteiger partial charge in [0.2, 0.25) is 0 Å². The van der Waals surface area contributed by atoms with Gasteiger partial charge in [-0.2, -0.15) is 0 Å². The Morgan fingerprint density at radius 2 is 2.53 bits per heavy atom. The third-order valence-electron chi connectivity index (χ3n) is 3.13. The molecule has 0 aliphatic carbocycles. The second-order valence-electron chi connectivity index (χ2n) is 4.43. The Balaban J connectivity index is 2.16. The number of nitrogens with one attached hydrogen (secondary N) is 1. The summed E-state index contributed by atoms with van der Waals surface area (Å²) in [6.07, 6.45) is 4.11. The van der Waals surface area contributed by atoms with Crippen LogP contribution in [-0.4, -0.2) is 24.7 Å². The van der Waals surface area contributed by atoms with Crippen LogP contribution in [0.5, 0.6) is 0 Å². The molecule has 0 aromatic carbocycles. The number of nitrogens with zero attached hydrogens (tertiary/aromatic N) is 1. The lowest BCUT2D eigenvalue weighted by Crippen LogP contribution is -2.30. The molecule has 1 fully saturated rings. The third-order valence-corrected chi connectivity index (χ3v) is 3.80. The van der Waals surface area contributed by atoms with E-state index in [2.05, 4.69) is 39.2 Å². The van der Waals surface area contributed by atoms with Crippen molar-refractivity contribution in [3.63, 3.8) is 0 Å². The Hall–Kier alpha value is -0.450. The molecule has 2 atom stereocenters. The van der Waals surface area contributed by atoms with Crippen molar-refractivity contribution in [2.75, 3.05) is 19.8 Å². The van der Waals surface area contributed by atoms with Crippen molar-refractivity contribution in [3.8, 4) is 0 Å². The molecule has 1 aromatic heterocycles. The fraction of sp³-hybridized carbons (Fsp3) is 0.615. The molecule has 2 heterocycles. The molecule has 94 valence electrons. The molecule has 4 heteroatoms. The molecular formula is C13H19BrN2O. The van der Waals surface area contributed by atoms with Gasteiger partial charge in [0.1, 0.15) is 0 Å². The van der Waals surface area contributed by atoms with E-state index in [1.165, 1.54) is 0 Å². The van der Waals surface area contributed by atoms with Gasteiger partial charge in [0.25, 0.3) is 0 Å². The maximum Gasteiger partial charge on any atom is 0.0718 e. The van der Waals surface area contributed by atoms with E-state index in [-0.39, 0.29) is 0 Å². The summed E-state index contributed by atoms with van der Waals surface area (Å²) < 4.78 is 6.58. The molecule has 1 saturated heterocycles. The van der Waals surface area contributed by atoms with E-state index in [1.54, 1.807) is 0 Å². The molecule has 0 bridgehead atoms. The highest BCUT2D eigenvalue weighted by Gasteiger charge is 2.28. The first-order chi connectivity index (χ1) is 8.33. The Kier molecular flexibility index (Phi) is 4.95. The molecule has 1 aliphatic heterocycles. The summed E-state index contributed by atoms with van der Waals surface area (Å²) in [6.45, 7) is 4.91. The lowest BCUT2D eigenvalue weighted by atomic mass is 9.95. The van der Waals surface area contributed by atoms with Crippen LogP contribution in [0.15, 0.2) is 22.8 Å². The number of ether oxygens (including phenoxy) is 1. The van der Waals surface area contributed by atoms with Gasteiger partial charge in [0, 0.05) is 23.2 Å². The quantitative estimate of drug-likeness (QED) is 0.907. The summed E-state index contributed by atoms with van der Waals surface area (Å²) in [7, 11) is 0. The predicted molar refractivity (Wildman–Crippen MR) is 71.9 cm³/mol. The predicted octanol–water partition coefficient (Wildman–Crippen LogP) is 2.92. The van der Waals surface area contributed by atoms with Crippen molar-refractivity contribution in [1.82, 2.24) is 10.3 Å². The standard InChI is InChI=1S/C13H19BrN2O/c1-2-6-15-12(10-5-8-17-9-10)13-11(14)4-3-7-16-13/h3-4,7,10,12,15H,2,5-6,8-9H2,1H3. The molecule has 0 radical (unpaired) electrons. The highest BCUT2D eigenvalue weighted by atomic mass is 79.9. The van der Waals surface area contributed by atoms with Gasteiger partial charge in [-0.1, -0.05) is 6.92 Å². The fourth-order valence-electron chi connectivity index (χ4n) is 2.23. The van der Waals surface area contributed by atoms with Crippen LogP contribution in [0.1, 0.15) is 31.5 Å². The average Bonchev–Trinajstić information content (AvgIpc) is 2.85. The zero-order chi connectivity index (χ0) is 12.1. The highest BCUT2D eigenvalue weighted by molar-refractivity contribution is 9.10. The molecule has 0 saturated carbocycles. The minimum atomic E-state index is 0.299. The van der Waals surface area contributed by atoms with Gasteiger partial charge in [-0.25, -0.2) is 0 Å². The molecule has 2 rings (SSSR count). The minimum absolute atomic E-state index is 0.299. The van der Waals surface area contributed by atoms with Crippen molar-refractivity contribution in [2.24, 2.45) is 5.92 Å². The van der Waals surface area contributed by atoms with Crippen LogP contribution in [-0.2, 0) is 4.74 Å². The molecule has 17 heavy (non-hydrogen) atoms. The Morgan fingerprint density at radius 3 is 3.18 bits per heavy atom. The number of hydrogen-bond acceptors (Lipinski definition) is 3. The number of hydrogen-bond donors (Lipinski definition) is 1. The minimum Gasteiger partial charge on any atom is -0.381 e. The van der Waals surface area contributed by atoms with E-state index < -0.39 is 0 Å². The topological polar surface area (TPSA) is 34.2 Å². The van der Waals surface area contributed by atoms with Crippen molar-refractivity contribution in [1.29, 1.82) is 0 Å². The van der Waals surface area contributed by atoms with E-state index in [0.717, 1.165) is 42.8 Å². The molecule has 2 unspecified atom stereocenters. The average molecular weight is 299 g/mol. The van der Waals surface area contributed by atoms with Gasteiger partial charge in [0.05, 0.1) is 18.3 Å². The monoisotopic (exact) mass is 298 g/mol. The van der Waals surface area contributed by atoms with Crippen molar-refractivity contribution < 1.29 is 4.74 Å². The Labute approximate surface area is 111 Å². The van der Waals surface area contributed by atoms with Gasteiger partial charge in [-0.15, -0.1) is 0 Å². The third kappa shape index (κ3) is 3.27. The van der Waals surface area contributed by atoms with E-state index in [4.69, 9.17) is 4.74 Å². The molecule has 1 aromatic rings. The molecule has 3 nitrogen and oxygen atoms in total. The van der Waals surface area contributed by atoms with Gasteiger partial charge in [-0.3, -0.25) is 4.98 Å². The summed E-state index contributed by atoms with van der Waals surface area (Å²) in [5.74, 6) is 0.535. The van der Waals surface area contributed by atoms with Crippen LogP contribution in [0.4, 0.5) is 0 Å². The van der Waals surface area contributed by atoms with Crippen molar-refractivity contribution >= 4 is 15.9 Å². The molecule has 0 spiro atoms.